The summed E-state index contributed by atoms with van der Waals surface area (Å²) in [6.45, 7) is 0.293. The van der Waals surface area contributed by atoms with Crippen molar-refractivity contribution in [2.75, 3.05) is 11.4 Å². The highest BCUT2D eigenvalue weighted by molar-refractivity contribution is 6.00. The molecule has 2 saturated carbocycles. The van der Waals surface area contributed by atoms with Gasteiger partial charge in [0.1, 0.15) is 5.92 Å². The Balaban J connectivity index is 1.64. The van der Waals surface area contributed by atoms with Crippen LogP contribution in [0.3, 0.4) is 0 Å². The van der Waals surface area contributed by atoms with Gasteiger partial charge < -0.3 is 10.0 Å². The van der Waals surface area contributed by atoms with Gasteiger partial charge in [-0.2, -0.15) is 0 Å². The molecule has 4 atom stereocenters. The zero-order valence-corrected chi connectivity index (χ0v) is 11.9. The molecular formula is C17H19NO3. The maximum absolute atomic E-state index is 12.9. The summed E-state index contributed by atoms with van der Waals surface area (Å²) in [5.74, 6) is 0.0905. The minimum absolute atomic E-state index is 0.115. The predicted octanol–water partition coefficient (Wildman–Crippen LogP) is 2.64. The van der Waals surface area contributed by atoms with Crippen LogP contribution in [-0.4, -0.2) is 23.5 Å². The summed E-state index contributed by atoms with van der Waals surface area (Å²) in [5.41, 5.74) is 1.58. The van der Waals surface area contributed by atoms with Gasteiger partial charge in [-0.15, -0.1) is 0 Å². The number of anilines is 1. The van der Waals surface area contributed by atoms with E-state index in [1.54, 1.807) is 4.90 Å². The van der Waals surface area contributed by atoms with Crippen molar-refractivity contribution in [2.24, 2.45) is 17.8 Å². The summed E-state index contributed by atoms with van der Waals surface area (Å²) in [5, 5.41) is 9.39. The molecule has 3 aliphatic rings. The second kappa shape index (κ2) is 4.58. The van der Waals surface area contributed by atoms with E-state index in [0.29, 0.717) is 12.5 Å². The molecule has 4 unspecified atom stereocenters. The summed E-state index contributed by atoms with van der Waals surface area (Å²) in [4.78, 5) is 26.1. The zero-order valence-electron chi connectivity index (χ0n) is 11.9. The number of aliphatic carboxylic acids is 1. The van der Waals surface area contributed by atoms with Crippen LogP contribution in [0, 0.1) is 17.8 Å². The number of para-hydroxylation sites is 1. The van der Waals surface area contributed by atoms with Crippen molar-refractivity contribution in [1.29, 1.82) is 0 Å². The molecule has 0 aromatic heterocycles. The highest BCUT2D eigenvalue weighted by atomic mass is 16.4. The standard InChI is InChI=1S/C17H19NO3/c19-16(13-8-10-5-6-11(13)7-10)18-9-14(17(20)21)12-3-1-2-4-15(12)18/h1-4,10-11,13-14H,5-9H2,(H,20,21). The van der Waals surface area contributed by atoms with Crippen LogP contribution in [0.2, 0.25) is 0 Å². The molecule has 4 nitrogen and oxygen atoms in total. The van der Waals surface area contributed by atoms with Crippen LogP contribution >= 0.6 is 0 Å². The normalized spacial score (nSPS) is 33.2. The number of carbonyl (C=O) groups is 2. The van der Waals surface area contributed by atoms with Gasteiger partial charge in [-0.1, -0.05) is 24.6 Å². The molecule has 1 amide bonds. The van der Waals surface area contributed by atoms with Crippen molar-refractivity contribution >= 4 is 17.6 Å². The number of fused-ring (bicyclic) bond motifs is 3. The lowest BCUT2D eigenvalue weighted by Gasteiger charge is -2.27. The Bertz CT molecular complexity index is 612. The lowest BCUT2D eigenvalue weighted by atomic mass is 9.87. The van der Waals surface area contributed by atoms with E-state index in [1.807, 2.05) is 24.3 Å². The maximum atomic E-state index is 12.9. The largest absolute Gasteiger partial charge is 0.481 e. The Labute approximate surface area is 123 Å². The van der Waals surface area contributed by atoms with Crippen LogP contribution in [0.15, 0.2) is 24.3 Å². The average molecular weight is 285 g/mol. The Morgan fingerprint density at radius 2 is 1.95 bits per heavy atom. The van der Waals surface area contributed by atoms with Crippen molar-refractivity contribution in [1.82, 2.24) is 0 Å². The fraction of sp³-hybridized carbons (Fsp3) is 0.529. The lowest BCUT2D eigenvalue weighted by Crippen LogP contribution is -2.38. The van der Waals surface area contributed by atoms with Crippen LogP contribution in [0.4, 0.5) is 5.69 Å². The van der Waals surface area contributed by atoms with Crippen LogP contribution < -0.4 is 4.90 Å². The van der Waals surface area contributed by atoms with Crippen molar-refractivity contribution in [3.63, 3.8) is 0 Å². The molecule has 1 heterocycles. The summed E-state index contributed by atoms with van der Waals surface area (Å²) in [7, 11) is 0. The summed E-state index contributed by atoms with van der Waals surface area (Å²) in [6, 6.07) is 7.44. The Hall–Kier alpha value is -1.84. The van der Waals surface area contributed by atoms with Crippen LogP contribution in [0.25, 0.3) is 0 Å². The van der Waals surface area contributed by atoms with Crippen LogP contribution in [0.5, 0.6) is 0 Å². The first-order chi connectivity index (χ1) is 10.1. The van der Waals surface area contributed by atoms with Crippen LogP contribution in [-0.2, 0) is 9.59 Å². The maximum Gasteiger partial charge on any atom is 0.312 e. The number of benzene rings is 1. The van der Waals surface area contributed by atoms with E-state index in [2.05, 4.69) is 0 Å². The number of carboxylic acids is 1. The SMILES string of the molecule is O=C(O)C1CN(C(=O)C2CC3CCC2C3)c2ccccc21. The van der Waals surface area contributed by atoms with Gasteiger partial charge in [-0.05, 0) is 42.7 Å². The predicted molar refractivity (Wildman–Crippen MR) is 78.1 cm³/mol. The molecule has 2 fully saturated rings. The second-order valence-corrected chi connectivity index (χ2v) is 6.68. The molecule has 2 aliphatic carbocycles. The van der Waals surface area contributed by atoms with Gasteiger partial charge in [0.25, 0.3) is 0 Å². The van der Waals surface area contributed by atoms with Gasteiger partial charge in [-0.25, -0.2) is 0 Å². The van der Waals surface area contributed by atoms with Crippen molar-refractivity contribution in [3.8, 4) is 0 Å². The Morgan fingerprint density at radius 1 is 1.14 bits per heavy atom. The van der Waals surface area contributed by atoms with Crippen molar-refractivity contribution in [3.05, 3.63) is 29.8 Å². The number of hydrogen-bond acceptors (Lipinski definition) is 2. The molecule has 4 heteroatoms. The molecule has 1 N–H and O–H groups in total. The number of amides is 1. The third kappa shape index (κ3) is 1.88. The molecule has 0 radical (unpaired) electrons. The van der Waals surface area contributed by atoms with Gasteiger partial charge in [0, 0.05) is 18.2 Å². The van der Waals surface area contributed by atoms with E-state index >= 15 is 0 Å². The lowest BCUT2D eigenvalue weighted by molar-refractivity contribution is -0.138. The number of nitrogens with zero attached hydrogens (tertiary/aromatic N) is 1. The molecule has 110 valence electrons. The van der Waals surface area contributed by atoms with Gasteiger partial charge in [0.2, 0.25) is 5.91 Å². The summed E-state index contributed by atoms with van der Waals surface area (Å²) < 4.78 is 0. The molecule has 0 spiro atoms. The highest BCUT2D eigenvalue weighted by Gasteiger charge is 2.47. The minimum atomic E-state index is -0.842. The topological polar surface area (TPSA) is 57.6 Å². The molecular weight excluding hydrogens is 266 g/mol. The van der Waals surface area contributed by atoms with Gasteiger partial charge in [0.15, 0.2) is 0 Å². The zero-order chi connectivity index (χ0) is 14.6. The van der Waals surface area contributed by atoms with E-state index in [9.17, 15) is 14.7 Å². The van der Waals surface area contributed by atoms with E-state index in [0.717, 1.165) is 23.6 Å². The molecule has 21 heavy (non-hydrogen) atoms. The molecule has 0 saturated heterocycles. The summed E-state index contributed by atoms with van der Waals surface area (Å²) in [6.07, 6.45) is 4.62. The fourth-order valence-electron chi connectivity index (χ4n) is 4.57. The number of carbonyl (C=O) groups excluding carboxylic acids is 1. The van der Waals surface area contributed by atoms with E-state index in [-0.39, 0.29) is 11.8 Å². The smallest absolute Gasteiger partial charge is 0.312 e. The van der Waals surface area contributed by atoms with Gasteiger partial charge in [0.05, 0.1) is 0 Å². The van der Waals surface area contributed by atoms with E-state index in [1.165, 1.54) is 19.3 Å². The van der Waals surface area contributed by atoms with Crippen molar-refractivity contribution in [2.45, 2.75) is 31.6 Å². The minimum Gasteiger partial charge on any atom is -0.481 e. The quantitative estimate of drug-likeness (QED) is 0.908. The third-order valence-electron chi connectivity index (χ3n) is 5.59. The van der Waals surface area contributed by atoms with Gasteiger partial charge in [-0.3, -0.25) is 9.59 Å². The Morgan fingerprint density at radius 3 is 2.62 bits per heavy atom. The first-order valence-electron chi connectivity index (χ1n) is 7.78. The van der Waals surface area contributed by atoms with E-state index < -0.39 is 11.9 Å². The Kier molecular flexibility index (Phi) is 2.81. The first kappa shape index (κ1) is 12.9. The van der Waals surface area contributed by atoms with Gasteiger partial charge >= 0.3 is 5.97 Å². The number of carboxylic acid groups (broad SMARTS) is 1. The van der Waals surface area contributed by atoms with E-state index in [4.69, 9.17) is 0 Å². The van der Waals surface area contributed by atoms with Crippen LogP contribution in [0.1, 0.15) is 37.2 Å². The molecule has 1 aromatic carbocycles. The third-order valence-corrected chi connectivity index (χ3v) is 5.59. The van der Waals surface area contributed by atoms with Crippen molar-refractivity contribution < 1.29 is 14.7 Å². The molecule has 1 aliphatic heterocycles. The first-order valence-corrected chi connectivity index (χ1v) is 7.78. The molecule has 4 rings (SSSR count). The second-order valence-electron chi connectivity index (χ2n) is 6.68. The number of hydrogen-bond donors (Lipinski definition) is 1. The monoisotopic (exact) mass is 285 g/mol. The average Bonchev–Trinajstić information content (AvgIpc) is 3.19. The fourth-order valence-corrected chi connectivity index (χ4v) is 4.57. The molecule has 1 aromatic rings. The highest BCUT2D eigenvalue weighted by Crippen LogP contribution is 2.50. The molecule has 2 bridgehead atoms. The number of rotatable bonds is 2. The summed E-state index contributed by atoms with van der Waals surface area (Å²) >= 11 is 0.